The van der Waals surface area contributed by atoms with Crippen molar-refractivity contribution < 1.29 is 0 Å². The molecule has 1 heterocycles. The summed E-state index contributed by atoms with van der Waals surface area (Å²) in [5, 5.41) is 3.69. The average Bonchev–Trinajstić information content (AvgIpc) is 3.08. The molecule has 1 saturated carbocycles. The van der Waals surface area contributed by atoms with Gasteiger partial charge in [0.15, 0.2) is 0 Å². The van der Waals surface area contributed by atoms with Crippen LogP contribution in [0.4, 0.5) is 0 Å². The molecule has 0 aromatic carbocycles. The molecule has 0 aromatic rings. The van der Waals surface area contributed by atoms with Crippen LogP contribution in [0.5, 0.6) is 0 Å². The number of hydrogen-bond donors (Lipinski definition) is 1. The molecule has 1 aliphatic heterocycles. The van der Waals surface area contributed by atoms with E-state index in [1.807, 2.05) is 0 Å². The van der Waals surface area contributed by atoms with Crippen LogP contribution in [-0.2, 0) is 0 Å². The van der Waals surface area contributed by atoms with Crippen LogP contribution in [-0.4, -0.2) is 62.2 Å². The summed E-state index contributed by atoms with van der Waals surface area (Å²) >= 11 is 0. The summed E-state index contributed by atoms with van der Waals surface area (Å²) in [6.07, 6.45) is 5.68. The molecule has 3 nitrogen and oxygen atoms in total. The minimum atomic E-state index is 0.742. The van der Waals surface area contributed by atoms with E-state index in [1.54, 1.807) is 0 Å². The smallest absolute Gasteiger partial charge is 0.0235 e. The Morgan fingerprint density at radius 2 is 1.94 bits per heavy atom. The molecule has 0 aromatic heterocycles. The average molecular weight is 239 g/mol. The van der Waals surface area contributed by atoms with Crippen molar-refractivity contribution in [3.05, 3.63) is 0 Å². The minimum Gasteiger partial charge on any atom is -0.314 e. The molecule has 1 aliphatic carbocycles. The largest absolute Gasteiger partial charge is 0.314 e. The summed E-state index contributed by atoms with van der Waals surface area (Å²) < 4.78 is 0. The molecule has 3 heteroatoms. The standard InChI is InChI=1S/C14H29N3/c1-4-15-13(9-12-5-6-12)10-14-11-16(2)7-8-17(14)3/h12-15H,4-11H2,1-3H3. The Labute approximate surface area is 107 Å². The van der Waals surface area contributed by atoms with Gasteiger partial charge in [-0.3, -0.25) is 0 Å². The third kappa shape index (κ3) is 4.23. The van der Waals surface area contributed by atoms with Crippen molar-refractivity contribution >= 4 is 0 Å². The summed E-state index contributed by atoms with van der Waals surface area (Å²) in [6, 6.07) is 1.49. The first kappa shape index (κ1) is 13.3. The van der Waals surface area contributed by atoms with E-state index in [-0.39, 0.29) is 0 Å². The van der Waals surface area contributed by atoms with Gasteiger partial charge < -0.3 is 15.1 Å². The summed E-state index contributed by atoms with van der Waals surface area (Å²) in [6.45, 7) is 7.04. The number of nitrogens with zero attached hydrogens (tertiary/aromatic N) is 2. The Bertz CT molecular complexity index is 228. The van der Waals surface area contributed by atoms with Gasteiger partial charge in [-0.25, -0.2) is 0 Å². The van der Waals surface area contributed by atoms with Gasteiger partial charge in [-0.05, 0) is 39.4 Å². The Kier molecular flexibility index (Phi) is 4.83. The molecular formula is C14H29N3. The van der Waals surface area contributed by atoms with Crippen molar-refractivity contribution in [1.82, 2.24) is 15.1 Å². The van der Waals surface area contributed by atoms with Crippen molar-refractivity contribution in [2.75, 3.05) is 40.3 Å². The number of likely N-dealkylation sites (N-methyl/N-ethyl adjacent to an activating group) is 2. The minimum absolute atomic E-state index is 0.742. The van der Waals surface area contributed by atoms with E-state index in [0.717, 1.165) is 24.5 Å². The van der Waals surface area contributed by atoms with Gasteiger partial charge in [0.1, 0.15) is 0 Å². The molecule has 2 atom stereocenters. The van der Waals surface area contributed by atoms with Crippen LogP contribution in [0.15, 0.2) is 0 Å². The molecule has 17 heavy (non-hydrogen) atoms. The van der Waals surface area contributed by atoms with Crippen LogP contribution in [0.1, 0.15) is 32.6 Å². The van der Waals surface area contributed by atoms with E-state index in [1.165, 1.54) is 45.3 Å². The Balaban J connectivity index is 1.81. The fourth-order valence-electron chi connectivity index (χ4n) is 2.99. The van der Waals surface area contributed by atoms with Gasteiger partial charge in [-0.1, -0.05) is 19.8 Å². The molecule has 100 valence electrons. The molecule has 0 radical (unpaired) electrons. The van der Waals surface area contributed by atoms with Gasteiger partial charge in [0.25, 0.3) is 0 Å². The maximum atomic E-state index is 3.69. The molecule has 0 amide bonds. The lowest BCUT2D eigenvalue weighted by molar-refractivity contribution is 0.0997. The third-order valence-corrected chi connectivity index (χ3v) is 4.34. The second kappa shape index (κ2) is 6.17. The van der Waals surface area contributed by atoms with Crippen LogP contribution < -0.4 is 5.32 Å². The molecular weight excluding hydrogens is 210 g/mol. The molecule has 2 unspecified atom stereocenters. The van der Waals surface area contributed by atoms with Gasteiger partial charge in [0, 0.05) is 31.7 Å². The third-order valence-electron chi connectivity index (χ3n) is 4.34. The van der Waals surface area contributed by atoms with E-state index < -0.39 is 0 Å². The zero-order valence-electron chi connectivity index (χ0n) is 11.8. The molecule has 1 N–H and O–H groups in total. The summed E-state index contributed by atoms with van der Waals surface area (Å²) in [4.78, 5) is 5.03. The monoisotopic (exact) mass is 239 g/mol. The first-order valence-corrected chi connectivity index (χ1v) is 7.31. The highest BCUT2D eigenvalue weighted by molar-refractivity contribution is 4.86. The lowest BCUT2D eigenvalue weighted by Crippen LogP contribution is -2.52. The van der Waals surface area contributed by atoms with Gasteiger partial charge in [-0.2, -0.15) is 0 Å². The number of nitrogens with one attached hydrogen (secondary N) is 1. The fraction of sp³-hybridized carbons (Fsp3) is 1.00. The Hall–Kier alpha value is -0.120. The second-order valence-electron chi connectivity index (χ2n) is 6.07. The van der Waals surface area contributed by atoms with E-state index in [0.29, 0.717) is 0 Å². The number of hydrogen-bond acceptors (Lipinski definition) is 3. The highest BCUT2D eigenvalue weighted by atomic mass is 15.3. The van der Waals surface area contributed by atoms with Crippen LogP contribution in [0.25, 0.3) is 0 Å². The molecule has 0 spiro atoms. The molecule has 2 rings (SSSR count). The van der Waals surface area contributed by atoms with Crippen LogP contribution in [0.3, 0.4) is 0 Å². The topological polar surface area (TPSA) is 18.5 Å². The summed E-state index contributed by atoms with van der Waals surface area (Å²) in [5.74, 6) is 1.03. The van der Waals surface area contributed by atoms with Crippen molar-refractivity contribution in [3.63, 3.8) is 0 Å². The lowest BCUT2D eigenvalue weighted by atomic mass is 9.99. The molecule has 2 aliphatic rings. The predicted octanol–water partition coefficient (Wildman–Crippen LogP) is 1.40. The molecule has 0 bridgehead atoms. The Morgan fingerprint density at radius 3 is 2.59 bits per heavy atom. The van der Waals surface area contributed by atoms with Gasteiger partial charge >= 0.3 is 0 Å². The van der Waals surface area contributed by atoms with Crippen LogP contribution >= 0.6 is 0 Å². The van der Waals surface area contributed by atoms with Gasteiger partial charge in [0.05, 0.1) is 0 Å². The zero-order valence-corrected chi connectivity index (χ0v) is 11.8. The van der Waals surface area contributed by atoms with Crippen molar-refractivity contribution in [1.29, 1.82) is 0 Å². The molecule has 1 saturated heterocycles. The van der Waals surface area contributed by atoms with E-state index in [9.17, 15) is 0 Å². The van der Waals surface area contributed by atoms with Gasteiger partial charge in [-0.15, -0.1) is 0 Å². The highest BCUT2D eigenvalue weighted by Gasteiger charge is 2.29. The van der Waals surface area contributed by atoms with Crippen molar-refractivity contribution in [2.24, 2.45) is 5.92 Å². The highest BCUT2D eigenvalue weighted by Crippen LogP contribution is 2.34. The van der Waals surface area contributed by atoms with Gasteiger partial charge in [0.2, 0.25) is 0 Å². The first-order chi connectivity index (χ1) is 8.19. The van der Waals surface area contributed by atoms with Crippen LogP contribution in [0.2, 0.25) is 0 Å². The SMILES string of the molecule is CCNC(CC1CC1)CC1CN(C)CCN1C. The van der Waals surface area contributed by atoms with Crippen molar-refractivity contribution in [2.45, 2.75) is 44.7 Å². The fourth-order valence-corrected chi connectivity index (χ4v) is 2.99. The Morgan fingerprint density at radius 1 is 1.18 bits per heavy atom. The van der Waals surface area contributed by atoms with Crippen LogP contribution in [0, 0.1) is 5.92 Å². The van der Waals surface area contributed by atoms with E-state index >= 15 is 0 Å². The second-order valence-corrected chi connectivity index (χ2v) is 6.07. The quantitative estimate of drug-likeness (QED) is 0.756. The zero-order chi connectivity index (χ0) is 12.3. The maximum absolute atomic E-state index is 3.69. The predicted molar refractivity (Wildman–Crippen MR) is 73.3 cm³/mol. The number of piperazine rings is 1. The number of rotatable bonds is 6. The summed E-state index contributed by atoms with van der Waals surface area (Å²) in [7, 11) is 4.54. The maximum Gasteiger partial charge on any atom is 0.0235 e. The van der Waals surface area contributed by atoms with Crippen molar-refractivity contribution in [3.8, 4) is 0 Å². The van der Waals surface area contributed by atoms with E-state index in [4.69, 9.17) is 0 Å². The normalized spacial score (nSPS) is 29.5. The molecule has 2 fully saturated rings. The van der Waals surface area contributed by atoms with E-state index in [2.05, 4.69) is 36.1 Å². The summed E-state index contributed by atoms with van der Waals surface area (Å²) in [5.41, 5.74) is 0. The first-order valence-electron chi connectivity index (χ1n) is 7.31. The lowest BCUT2D eigenvalue weighted by Gasteiger charge is -2.39.